The number of aromatic nitrogens is 1. The predicted octanol–water partition coefficient (Wildman–Crippen LogP) is 3.25. The van der Waals surface area contributed by atoms with E-state index in [2.05, 4.69) is 10.3 Å². The third-order valence-electron chi connectivity index (χ3n) is 3.51. The molecule has 2 aromatic rings. The molecule has 0 bridgehead atoms. The fourth-order valence-electron chi connectivity index (χ4n) is 2.32. The van der Waals surface area contributed by atoms with E-state index >= 15 is 0 Å². The van der Waals surface area contributed by atoms with Crippen LogP contribution in [0.2, 0.25) is 0 Å². The molecule has 0 spiro atoms. The Kier molecular flexibility index (Phi) is 3.79. The minimum Gasteiger partial charge on any atom is -0.481 e. The zero-order chi connectivity index (χ0) is 14.0. The second kappa shape index (κ2) is 5.34. The van der Waals surface area contributed by atoms with E-state index in [9.17, 15) is 9.90 Å². The molecule has 4 nitrogen and oxygen atoms in total. The highest BCUT2D eigenvalue weighted by molar-refractivity contribution is 5.94. The Morgan fingerprint density at radius 1 is 1.37 bits per heavy atom. The normalized spacial score (nSPS) is 12.8. The SMILES string of the molecule is Cc1[nH]c2ccccc2c1NCC(C(=O)O)C(C)C. The van der Waals surface area contributed by atoms with Crippen molar-refractivity contribution < 1.29 is 9.90 Å². The Balaban J connectivity index is 2.22. The van der Waals surface area contributed by atoms with Crippen LogP contribution in [0.5, 0.6) is 0 Å². The molecule has 19 heavy (non-hydrogen) atoms. The number of para-hydroxylation sites is 1. The van der Waals surface area contributed by atoms with Crippen LogP contribution >= 0.6 is 0 Å². The van der Waals surface area contributed by atoms with Gasteiger partial charge in [0.25, 0.3) is 0 Å². The molecule has 102 valence electrons. The number of rotatable bonds is 5. The number of carbonyl (C=O) groups is 1. The summed E-state index contributed by atoms with van der Waals surface area (Å²) in [6.45, 7) is 6.30. The Labute approximate surface area is 112 Å². The molecule has 0 saturated carbocycles. The van der Waals surface area contributed by atoms with Gasteiger partial charge in [-0.25, -0.2) is 0 Å². The first-order valence-electron chi connectivity index (χ1n) is 6.54. The van der Waals surface area contributed by atoms with Gasteiger partial charge in [-0.1, -0.05) is 32.0 Å². The number of fused-ring (bicyclic) bond motifs is 1. The monoisotopic (exact) mass is 260 g/mol. The Morgan fingerprint density at radius 3 is 2.68 bits per heavy atom. The molecule has 2 rings (SSSR count). The number of anilines is 1. The average Bonchev–Trinajstić information content (AvgIpc) is 2.65. The average molecular weight is 260 g/mol. The van der Waals surface area contributed by atoms with Crippen LogP contribution in [0.4, 0.5) is 5.69 Å². The summed E-state index contributed by atoms with van der Waals surface area (Å²) >= 11 is 0. The summed E-state index contributed by atoms with van der Waals surface area (Å²) in [6, 6.07) is 8.02. The number of aryl methyl sites for hydroxylation is 1. The summed E-state index contributed by atoms with van der Waals surface area (Å²) in [6.07, 6.45) is 0. The highest BCUT2D eigenvalue weighted by atomic mass is 16.4. The van der Waals surface area contributed by atoms with Crippen molar-refractivity contribution >= 4 is 22.6 Å². The molecule has 0 aliphatic carbocycles. The lowest BCUT2D eigenvalue weighted by Gasteiger charge is -2.17. The molecule has 1 unspecified atom stereocenters. The second-order valence-corrected chi connectivity index (χ2v) is 5.24. The second-order valence-electron chi connectivity index (χ2n) is 5.24. The lowest BCUT2D eigenvalue weighted by molar-refractivity contribution is -0.142. The van der Waals surface area contributed by atoms with E-state index < -0.39 is 5.97 Å². The van der Waals surface area contributed by atoms with E-state index in [1.54, 1.807) is 0 Å². The van der Waals surface area contributed by atoms with Gasteiger partial charge in [0.1, 0.15) is 0 Å². The molecule has 1 aromatic heterocycles. The smallest absolute Gasteiger partial charge is 0.308 e. The van der Waals surface area contributed by atoms with Crippen LogP contribution in [0, 0.1) is 18.8 Å². The highest BCUT2D eigenvalue weighted by Gasteiger charge is 2.21. The molecule has 0 radical (unpaired) electrons. The lowest BCUT2D eigenvalue weighted by Crippen LogP contribution is -2.27. The fraction of sp³-hybridized carbons (Fsp3) is 0.400. The molecule has 0 saturated heterocycles. The van der Waals surface area contributed by atoms with Gasteiger partial charge in [-0.2, -0.15) is 0 Å². The zero-order valence-electron chi connectivity index (χ0n) is 11.5. The van der Waals surface area contributed by atoms with Crippen LogP contribution in [-0.2, 0) is 4.79 Å². The number of nitrogens with one attached hydrogen (secondary N) is 2. The number of carboxylic acids is 1. The molecule has 1 aromatic carbocycles. The third-order valence-corrected chi connectivity index (χ3v) is 3.51. The summed E-state index contributed by atoms with van der Waals surface area (Å²) in [7, 11) is 0. The molecule has 4 heteroatoms. The van der Waals surface area contributed by atoms with Gasteiger partial charge in [-0.15, -0.1) is 0 Å². The van der Waals surface area contributed by atoms with Gasteiger partial charge in [-0.3, -0.25) is 4.79 Å². The van der Waals surface area contributed by atoms with E-state index in [0.717, 1.165) is 22.3 Å². The highest BCUT2D eigenvalue weighted by Crippen LogP contribution is 2.27. The number of carboxylic acid groups (broad SMARTS) is 1. The van der Waals surface area contributed by atoms with Gasteiger partial charge in [0, 0.05) is 23.1 Å². The van der Waals surface area contributed by atoms with E-state index in [1.165, 1.54) is 0 Å². The fourth-order valence-corrected chi connectivity index (χ4v) is 2.32. The Hall–Kier alpha value is -1.97. The number of H-pyrrole nitrogens is 1. The number of hydrogen-bond acceptors (Lipinski definition) is 2. The number of hydrogen-bond donors (Lipinski definition) is 3. The molecular weight excluding hydrogens is 240 g/mol. The maximum absolute atomic E-state index is 11.2. The zero-order valence-corrected chi connectivity index (χ0v) is 11.5. The van der Waals surface area contributed by atoms with Crippen LogP contribution in [0.25, 0.3) is 10.9 Å². The van der Waals surface area contributed by atoms with Crippen molar-refractivity contribution in [3.8, 4) is 0 Å². The van der Waals surface area contributed by atoms with Gasteiger partial charge in [0.15, 0.2) is 0 Å². The van der Waals surface area contributed by atoms with Gasteiger partial charge in [0.2, 0.25) is 0 Å². The summed E-state index contributed by atoms with van der Waals surface area (Å²) in [5, 5.41) is 13.6. The first-order chi connectivity index (χ1) is 9.00. The van der Waals surface area contributed by atoms with Gasteiger partial charge in [-0.05, 0) is 18.9 Å². The molecule has 0 aliphatic heterocycles. The van der Waals surface area contributed by atoms with Crippen molar-refractivity contribution in [1.29, 1.82) is 0 Å². The molecule has 1 heterocycles. The van der Waals surface area contributed by atoms with E-state index in [4.69, 9.17) is 0 Å². The van der Waals surface area contributed by atoms with Crippen LogP contribution in [-0.4, -0.2) is 22.6 Å². The number of aromatic amines is 1. The molecule has 1 atom stereocenters. The van der Waals surface area contributed by atoms with Crippen molar-refractivity contribution in [3.63, 3.8) is 0 Å². The Morgan fingerprint density at radius 2 is 2.05 bits per heavy atom. The van der Waals surface area contributed by atoms with Crippen LogP contribution < -0.4 is 5.32 Å². The first kappa shape index (κ1) is 13.5. The van der Waals surface area contributed by atoms with Crippen LogP contribution in [0.3, 0.4) is 0 Å². The quantitative estimate of drug-likeness (QED) is 0.773. The lowest BCUT2D eigenvalue weighted by atomic mass is 9.96. The number of benzene rings is 1. The maximum Gasteiger partial charge on any atom is 0.308 e. The van der Waals surface area contributed by atoms with Crippen LogP contribution in [0.1, 0.15) is 19.5 Å². The van der Waals surface area contributed by atoms with Gasteiger partial charge >= 0.3 is 5.97 Å². The maximum atomic E-state index is 11.2. The van der Waals surface area contributed by atoms with Crippen molar-refractivity contribution in [2.24, 2.45) is 11.8 Å². The topological polar surface area (TPSA) is 65.1 Å². The summed E-state index contributed by atoms with van der Waals surface area (Å²) < 4.78 is 0. The van der Waals surface area contributed by atoms with Gasteiger partial charge in [0.05, 0.1) is 11.6 Å². The van der Waals surface area contributed by atoms with Crippen molar-refractivity contribution in [2.75, 3.05) is 11.9 Å². The minimum absolute atomic E-state index is 0.107. The largest absolute Gasteiger partial charge is 0.481 e. The van der Waals surface area contributed by atoms with Crippen molar-refractivity contribution in [2.45, 2.75) is 20.8 Å². The van der Waals surface area contributed by atoms with Crippen molar-refractivity contribution in [3.05, 3.63) is 30.0 Å². The predicted molar refractivity (Wildman–Crippen MR) is 77.5 cm³/mol. The number of aliphatic carboxylic acids is 1. The van der Waals surface area contributed by atoms with E-state index in [1.807, 2.05) is 45.0 Å². The minimum atomic E-state index is -0.750. The molecule has 3 N–H and O–H groups in total. The summed E-state index contributed by atoms with van der Waals surface area (Å²) in [5.74, 6) is -1.02. The van der Waals surface area contributed by atoms with Crippen molar-refractivity contribution in [1.82, 2.24) is 4.98 Å². The molecule has 0 amide bonds. The molecule has 0 fully saturated rings. The molecular formula is C15H20N2O2. The standard InChI is InChI=1S/C15H20N2O2/c1-9(2)12(15(18)19)8-16-14-10(3)17-13-7-5-4-6-11(13)14/h4-7,9,12,16-17H,8H2,1-3H3,(H,18,19). The van der Waals surface area contributed by atoms with Crippen LogP contribution in [0.15, 0.2) is 24.3 Å². The Bertz CT molecular complexity index is 587. The summed E-state index contributed by atoms with van der Waals surface area (Å²) in [5.41, 5.74) is 3.11. The first-order valence-corrected chi connectivity index (χ1v) is 6.54. The van der Waals surface area contributed by atoms with E-state index in [0.29, 0.717) is 6.54 Å². The van der Waals surface area contributed by atoms with Gasteiger partial charge < -0.3 is 15.4 Å². The molecule has 0 aliphatic rings. The van der Waals surface area contributed by atoms with E-state index in [-0.39, 0.29) is 11.8 Å². The third kappa shape index (κ3) is 2.72. The summed E-state index contributed by atoms with van der Waals surface area (Å²) in [4.78, 5) is 14.5.